The fraction of sp³-hybridized carbons (Fsp3) is 0.750. The number of hydrogen-bond acceptors (Lipinski definition) is 0. The average Bonchev–Trinajstić information content (AvgIpc) is 2.13. The molecule has 0 amide bonds. The van der Waals surface area contributed by atoms with Crippen molar-refractivity contribution in [3.8, 4) is 0 Å². The van der Waals surface area contributed by atoms with E-state index in [0.29, 0.717) is 0 Å². The van der Waals surface area contributed by atoms with E-state index in [4.69, 9.17) is 81.2 Å². The molecular weight excluding hydrogens is 344 g/mol. The van der Waals surface area contributed by atoms with Crippen molar-refractivity contribution >= 4 is 81.2 Å². The third-order valence-corrected chi connectivity index (χ3v) is 3.32. The van der Waals surface area contributed by atoms with Crippen LogP contribution in [-0.4, -0.2) is 9.67 Å². The van der Waals surface area contributed by atoms with Crippen LogP contribution in [0.3, 0.4) is 0 Å². The van der Waals surface area contributed by atoms with Crippen molar-refractivity contribution in [3.05, 3.63) is 9.52 Å². The Kier molecular flexibility index (Phi) is 13.9. The first-order valence-corrected chi connectivity index (χ1v) is 6.91. The average molecular weight is 355 g/mol. The topological polar surface area (TPSA) is 0 Å². The van der Waals surface area contributed by atoms with Gasteiger partial charge >= 0.3 is 0 Å². The molecule has 92 valence electrons. The maximum absolute atomic E-state index is 5.38. The van der Waals surface area contributed by atoms with Gasteiger partial charge in [0, 0.05) is 5.88 Å². The minimum Gasteiger partial charge on any atom is -0.127 e. The van der Waals surface area contributed by atoms with Crippen LogP contribution in [-0.2, 0) is 0 Å². The summed E-state index contributed by atoms with van der Waals surface area (Å²) in [5, 5.41) is -0.198. The SMILES string of the molecule is CCCCCCl.ClC(Cl)=C(Cl)C(Cl)(Cl)Cl. The van der Waals surface area contributed by atoms with Gasteiger partial charge in [-0.25, -0.2) is 0 Å². The third-order valence-electron chi connectivity index (χ3n) is 1.15. The third kappa shape index (κ3) is 13.7. The quantitative estimate of drug-likeness (QED) is 0.392. The van der Waals surface area contributed by atoms with Crippen molar-refractivity contribution in [3.63, 3.8) is 0 Å². The van der Waals surface area contributed by atoms with Gasteiger partial charge in [-0.2, -0.15) is 0 Å². The van der Waals surface area contributed by atoms with E-state index in [1.807, 2.05) is 0 Å². The van der Waals surface area contributed by atoms with Crippen molar-refractivity contribution < 1.29 is 0 Å². The molecule has 0 aromatic carbocycles. The van der Waals surface area contributed by atoms with Crippen LogP contribution < -0.4 is 0 Å². The number of halogens is 7. The Labute approximate surface area is 126 Å². The number of unbranched alkanes of at least 4 members (excludes halogenated alkanes) is 2. The number of rotatable bonds is 3. The number of alkyl halides is 4. The van der Waals surface area contributed by atoms with Crippen molar-refractivity contribution in [2.24, 2.45) is 0 Å². The van der Waals surface area contributed by atoms with E-state index in [1.165, 1.54) is 19.3 Å². The summed E-state index contributed by atoms with van der Waals surface area (Å²) in [6, 6.07) is 0. The molecular formula is C8H11Cl7. The highest BCUT2D eigenvalue weighted by molar-refractivity contribution is 6.75. The van der Waals surface area contributed by atoms with Crippen LogP contribution in [0.2, 0.25) is 0 Å². The molecule has 0 bridgehead atoms. The molecule has 0 saturated carbocycles. The van der Waals surface area contributed by atoms with Crippen molar-refractivity contribution in [1.82, 2.24) is 0 Å². The zero-order valence-electron chi connectivity index (χ0n) is 7.97. The lowest BCUT2D eigenvalue weighted by Gasteiger charge is -2.07. The van der Waals surface area contributed by atoms with Crippen LogP contribution in [0.4, 0.5) is 0 Å². The van der Waals surface area contributed by atoms with Crippen LogP contribution >= 0.6 is 81.2 Å². The first-order valence-electron chi connectivity index (χ1n) is 4.11. The molecule has 15 heavy (non-hydrogen) atoms. The molecule has 0 aliphatic rings. The van der Waals surface area contributed by atoms with Gasteiger partial charge in [0.25, 0.3) is 0 Å². The Bertz CT molecular complexity index is 174. The second-order valence-corrected chi connectivity index (χ2v) is 6.45. The summed E-state index contributed by atoms with van der Waals surface area (Å²) in [5.74, 6) is 0.827. The van der Waals surface area contributed by atoms with E-state index < -0.39 is 3.79 Å². The van der Waals surface area contributed by atoms with Gasteiger partial charge in [0.15, 0.2) is 0 Å². The summed E-state index contributed by atoms with van der Waals surface area (Å²) >= 11 is 36.8. The van der Waals surface area contributed by atoms with Crippen LogP contribution in [0.1, 0.15) is 26.2 Å². The molecule has 0 saturated heterocycles. The minimum absolute atomic E-state index is 0.198. The van der Waals surface area contributed by atoms with Gasteiger partial charge in [0.1, 0.15) is 4.49 Å². The molecule has 0 nitrogen and oxygen atoms in total. The highest BCUT2D eigenvalue weighted by Gasteiger charge is 2.26. The highest BCUT2D eigenvalue weighted by Crippen LogP contribution is 2.40. The largest absolute Gasteiger partial charge is 0.228 e. The van der Waals surface area contributed by atoms with E-state index in [0.717, 1.165) is 5.88 Å². The Hall–Kier alpha value is 1.77. The van der Waals surface area contributed by atoms with Gasteiger partial charge in [-0.05, 0) is 6.42 Å². The lowest BCUT2D eigenvalue weighted by molar-refractivity contribution is 0.776. The second kappa shape index (κ2) is 10.9. The van der Waals surface area contributed by atoms with E-state index in [1.54, 1.807) is 0 Å². The van der Waals surface area contributed by atoms with E-state index in [-0.39, 0.29) is 9.52 Å². The number of allylic oxidation sites excluding steroid dienone is 1. The predicted molar refractivity (Wildman–Crippen MR) is 75.1 cm³/mol. The zero-order chi connectivity index (χ0) is 12.5. The van der Waals surface area contributed by atoms with Gasteiger partial charge in [0.05, 0.1) is 5.03 Å². The zero-order valence-corrected chi connectivity index (χ0v) is 13.3. The van der Waals surface area contributed by atoms with E-state index >= 15 is 0 Å². The molecule has 0 atom stereocenters. The van der Waals surface area contributed by atoms with Crippen LogP contribution in [0, 0.1) is 0 Å². The Morgan fingerprint density at radius 2 is 1.47 bits per heavy atom. The van der Waals surface area contributed by atoms with Gasteiger partial charge in [0.2, 0.25) is 3.79 Å². The second-order valence-electron chi connectivity index (χ2n) is 2.47. The molecule has 0 heterocycles. The van der Waals surface area contributed by atoms with Gasteiger partial charge in [-0.3, -0.25) is 0 Å². The molecule has 0 aliphatic heterocycles. The summed E-state index contributed by atoms with van der Waals surface area (Å²) in [7, 11) is 0. The van der Waals surface area contributed by atoms with Gasteiger partial charge in [-0.1, -0.05) is 89.4 Å². The highest BCUT2D eigenvalue weighted by atomic mass is 35.6. The molecule has 0 fully saturated rings. The predicted octanol–water partition coefficient (Wildman–Crippen LogP) is 6.66. The standard InChI is InChI=1S/C5H11Cl.C3Cl6/c1-2-3-4-5-6;4-1(2(5)6)3(7,8)9/h2-5H2,1H3;. The fourth-order valence-corrected chi connectivity index (χ4v) is 1.50. The van der Waals surface area contributed by atoms with Crippen molar-refractivity contribution in [2.75, 3.05) is 5.88 Å². The Morgan fingerprint density at radius 3 is 1.53 bits per heavy atom. The smallest absolute Gasteiger partial charge is 0.127 e. The maximum Gasteiger partial charge on any atom is 0.228 e. The molecule has 0 aliphatic carbocycles. The summed E-state index contributed by atoms with van der Waals surface area (Å²) in [5.41, 5.74) is 0. The molecule has 0 radical (unpaired) electrons. The summed E-state index contributed by atoms with van der Waals surface area (Å²) in [6.45, 7) is 2.17. The van der Waals surface area contributed by atoms with Gasteiger partial charge < -0.3 is 0 Å². The molecule has 0 aromatic rings. The lowest BCUT2D eigenvalue weighted by atomic mass is 10.3. The minimum atomic E-state index is -1.72. The monoisotopic (exact) mass is 352 g/mol. The van der Waals surface area contributed by atoms with Crippen LogP contribution in [0.25, 0.3) is 0 Å². The van der Waals surface area contributed by atoms with Crippen molar-refractivity contribution in [2.45, 2.75) is 30.0 Å². The van der Waals surface area contributed by atoms with Crippen molar-refractivity contribution in [1.29, 1.82) is 0 Å². The number of hydrogen-bond donors (Lipinski definition) is 0. The lowest BCUT2D eigenvalue weighted by Crippen LogP contribution is -2.01. The summed E-state index contributed by atoms with van der Waals surface area (Å²) in [6.07, 6.45) is 3.73. The van der Waals surface area contributed by atoms with E-state index in [9.17, 15) is 0 Å². The normalized spacial score (nSPS) is 10.4. The molecule has 0 rings (SSSR count). The summed E-state index contributed by atoms with van der Waals surface area (Å²) in [4.78, 5) is 0. The maximum atomic E-state index is 5.38. The fourth-order valence-electron chi connectivity index (χ4n) is 0.452. The first-order chi connectivity index (χ1) is 6.77. The summed E-state index contributed by atoms with van der Waals surface area (Å²) < 4.78 is -1.96. The molecule has 0 N–H and O–H groups in total. The molecule has 0 aromatic heterocycles. The molecule has 0 spiro atoms. The van der Waals surface area contributed by atoms with Gasteiger partial charge in [-0.15, -0.1) is 11.6 Å². The Morgan fingerprint density at radius 1 is 1.00 bits per heavy atom. The first kappa shape index (κ1) is 19.1. The molecule has 7 heteroatoms. The van der Waals surface area contributed by atoms with E-state index in [2.05, 4.69) is 6.92 Å². The van der Waals surface area contributed by atoms with Crippen LogP contribution in [0.15, 0.2) is 9.52 Å². The molecule has 0 unspecified atom stereocenters. The van der Waals surface area contributed by atoms with Crippen LogP contribution in [0.5, 0.6) is 0 Å². The Balaban J connectivity index is 0.